The molecule has 6 heteroatoms. The number of furan rings is 1. The molecule has 0 aliphatic heterocycles. The van der Waals surface area contributed by atoms with Crippen LogP contribution >= 0.6 is 0 Å². The molecule has 0 saturated heterocycles. The average Bonchev–Trinajstić information content (AvgIpc) is 3.12. The number of likely N-dealkylation sites (N-methyl/N-ethyl adjacent to an activating group) is 1. The topological polar surface area (TPSA) is 75.4 Å². The van der Waals surface area contributed by atoms with E-state index in [1.165, 1.54) is 4.90 Å². The number of fused-ring (bicyclic) bond motifs is 1. The van der Waals surface area contributed by atoms with Crippen molar-refractivity contribution in [3.63, 3.8) is 0 Å². The maximum absolute atomic E-state index is 12.6. The van der Waals surface area contributed by atoms with Gasteiger partial charge in [-0.15, -0.1) is 0 Å². The number of carbonyl (C=O) groups is 2. The lowest BCUT2D eigenvalue weighted by Gasteiger charge is -2.12. The molecule has 1 aromatic carbocycles. The number of amides is 2. The van der Waals surface area contributed by atoms with E-state index in [0.29, 0.717) is 22.5 Å². The van der Waals surface area contributed by atoms with Gasteiger partial charge in [-0.1, -0.05) is 18.2 Å². The number of benzene rings is 1. The normalized spacial score (nSPS) is 10.6. The zero-order chi connectivity index (χ0) is 17.1. The number of hydrogen-bond acceptors (Lipinski definition) is 4. The predicted molar refractivity (Wildman–Crippen MR) is 90.5 cm³/mol. The Morgan fingerprint density at radius 3 is 2.67 bits per heavy atom. The summed E-state index contributed by atoms with van der Waals surface area (Å²) < 4.78 is 5.38. The second-order valence-electron chi connectivity index (χ2n) is 5.52. The van der Waals surface area contributed by atoms with Crippen molar-refractivity contribution in [3.05, 3.63) is 54.3 Å². The third-order valence-corrected chi connectivity index (χ3v) is 3.63. The minimum absolute atomic E-state index is 0.0570. The second kappa shape index (κ2) is 6.54. The molecule has 2 amide bonds. The molecular weight excluding hydrogens is 306 g/mol. The first-order valence-corrected chi connectivity index (χ1v) is 7.48. The maximum Gasteiger partial charge on any atom is 0.252 e. The number of nitrogens with one attached hydrogen (secondary N) is 1. The maximum atomic E-state index is 12.6. The van der Waals surface area contributed by atoms with Gasteiger partial charge < -0.3 is 14.6 Å². The molecule has 0 aliphatic carbocycles. The van der Waals surface area contributed by atoms with Crippen molar-refractivity contribution in [1.82, 2.24) is 15.2 Å². The smallest absolute Gasteiger partial charge is 0.252 e. The van der Waals surface area contributed by atoms with Gasteiger partial charge in [0.25, 0.3) is 5.91 Å². The summed E-state index contributed by atoms with van der Waals surface area (Å²) in [7, 11) is 3.29. The van der Waals surface area contributed by atoms with E-state index < -0.39 is 0 Å². The Balaban J connectivity index is 1.99. The van der Waals surface area contributed by atoms with Crippen LogP contribution in [0.1, 0.15) is 10.4 Å². The molecule has 0 aliphatic rings. The fourth-order valence-electron chi connectivity index (χ4n) is 2.32. The van der Waals surface area contributed by atoms with E-state index in [2.05, 4.69) is 10.3 Å². The molecule has 0 bridgehead atoms. The van der Waals surface area contributed by atoms with Crippen LogP contribution in [-0.2, 0) is 4.79 Å². The highest BCUT2D eigenvalue weighted by molar-refractivity contribution is 6.07. The van der Waals surface area contributed by atoms with Crippen LogP contribution in [-0.4, -0.2) is 42.3 Å². The molecule has 3 rings (SSSR count). The van der Waals surface area contributed by atoms with Gasteiger partial charge >= 0.3 is 0 Å². The first kappa shape index (κ1) is 15.7. The van der Waals surface area contributed by atoms with Crippen LogP contribution in [0.5, 0.6) is 0 Å². The molecule has 0 saturated carbocycles. The molecular formula is C18H17N3O3. The zero-order valence-electron chi connectivity index (χ0n) is 13.4. The monoisotopic (exact) mass is 323 g/mol. The molecule has 0 unspecified atom stereocenters. The number of pyridine rings is 1. The Kier molecular flexibility index (Phi) is 4.29. The number of carbonyl (C=O) groups excluding carboxylic acids is 2. The number of nitrogens with zero attached hydrogens (tertiary/aromatic N) is 2. The lowest BCUT2D eigenvalue weighted by atomic mass is 10.1. The van der Waals surface area contributed by atoms with Crippen LogP contribution in [0.3, 0.4) is 0 Å². The van der Waals surface area contributed by atoms with Gasteiger partial charge in [0, 0.05) is 19.5 Å². The van der Waals surface area contributed by atoms with Crippen LogP contribution < -0.4 is 5.32 Å². The Morgan fingerprint density at radius 1 is 1.17 bits per heavy atom. The Bertz CT molecular complexity index is 886. The summed E-state index contributed by atoms with van der Waals surface area (Å²) in [5.74, 6) is 0.0868. The molecule has 6 nitrogen and oxygen atoms in total. The average molecular weight is 323 g/mol. The number of rotatable bonds is 4. The van der Waals surface area contributed by atoms with Crippen molar-refractivity contribution < 1.29 is 14.0 Å². The molecule has 3 aromatic rings. The highest BCUT2D eigenvalue weighted by Gasteiger charge is 2.16. The van der Waals surface area contributed by atoms with Gasteiger partial charge in [-0.3, -0.25) is 9.59 Å². The molecule has 122 valence electrons. The summed E-state index contributed by atoms with van der Waals surface area (Å²) in [6.45, 7) is -0.0570. The predicted octanol–water partition coefficient (Wildman–Crippen LogP) is 2.31. The van der Waals surface area contributed by atoms with E-state index in [9.17, 15) is 9.59 Å². The second-order valence-corrected chi connectivity index (χ2v) is 5.52. The van der Waals surface area contributed by atoms with Crippen molar-refractivity contribution in [2.24, 2.45) is 0 Å². The van der Waals surface area contributed by atoms with Gasteiger partial charge in [0.1, 0.15) is 5.69 Å². The van der Waals surface area contributed by atoms with Crippen molar-refractivity contribution in [1.29, 1.82) is 0 Å². The van der Waals surface area contributed by atoms with Crippen molar-refractivity contribution >= 4 is 22.7 Å². The SMILES string of the molecule is CN(C)C(=O)CNC(=O)c1cc(-c2ccco2)nc2ccccc12. The van der Waals surface area contributed by atoms with E-state index in [-0.39, 0.29) is 18.4 Å². The fourth-order valence-corrected chi connectivity index (χ4v) is 2.32. The quantitative estimate of drug-likeness (QED) is 0.799. The summed E-state index contributed by atoms with van der Waals surface area (Å²) in [6.07, 6.45) is 1.56. The number of para-hydroxylation sites is 1. The first-order chi connectivity index (χ1) is 11.6. The Hall–Kier alpha value is -3.15. The summed E-state index contributed by atoms with van der Waals surface area (Å²) >= 11 is 0. The minimum Gasteiger partial charge on any atom is -0.463 e. The summed E-state index contributed by atoms with van der Waals surface area (Å²) in [5.41, 5.74) is 1.72. The van der Waals surface area contributed by atoms with Crippen LogP contribution in [0, 0.1) is 0 Å². The molecule has 24 heavy (non-hydrogen) atoms. The number of aromatic nitrogens is 1. The van der Waals surface area contributed by atoms with E-state index in [4.69, 9.17) is 4.42 Å². The minimum atomic E-state index is -0.323. The van der Waals surface area contributed by atoms with Crippen LogP contribution in [0.4, 0.5) is 0 Å². The third kappa shape index (κ3) is 3.12. The van der Waals surface area contributed by atoms with Crippen LogP contribution in [0.2, 0.25) is 0 Å². The fraction of sp³-hybridized carbons (Fsp3) is 0.167. The van der Waals surface area contributed by atoms with E-state index >= 15 is 0 Å². The highest BCUT2D eigenvalue weighted by Crippen LogP contribution is 2.25. The van der Waals surface area contributed by atoms with Gasteiger partial charge in [-0.25, -0.2) is 4.98 Å². The van der Waals surface area contributed by atoms with Gasteiger partial charge in [-0.05, 0) is 24.3 Å². The van der Waals surface area contributed by atoms with E-state index in [1.54, 1.807) is 38.6 Å². The molecule has 2 aromatic heterocycles. The Labute approximate surface area is 139 Å². The summed E-state index contributed by atoms with van der Waals surface area (Å²) in [4.78, 5) is 30.2. The van der Waals surface area contributed by atoms with Crippen LogP contribution in [0.15, 0.2) is 53.1 Å². The Morgan fingerprint density at radius 2 is 1.96 bits per heavy atom. The lowest BCUT2D eigenvalue weighted by molar-refractivity contribution is -0.127. The van der Waals surface area contributed by atoms with Crippen molar-refractivity contribution in [3.8, 4) is 11.5 Å². The van der Waals surface area contributed by atoms with Gasteiger partial charge in [-0.2, -0.15) is 0 Å². The molecule has 0 radical (unpaired) electrons. The van der Waals surface area contributed by atoms with Gasteiger partial charge in [0.2, 0.25) is 5.91 Å². The lowest BCUT2D eigenvalue weighted by Crippen LogP contribution is -2.36. The molecule has 0 fully saturated rings. The van der Waals surface area contributed by atoms with E-state index in [0.717, 1.165) is 5.39 Å². The molecule has 0 spiro atoms. The van der Waals surface area contributed by atoms with Crippen molar-refractivity contribution in [2.45, 2.75) is 0 Å². The van der Waals surface area contributed by atoms with E-state index in [1.807, 2.05) is 24.3 Å². The highest BCUT2D eigenvalue weighted by atomic mass is 16.3. The van der Waals surface area contributed by atoms with Crippen molar-refractivity contribution in [2.75, 3.05) is 20.6 Å². The summed E-state index contributed by atoms with van der Waals surface area (Å²) in [6, 6.07) is 12.6. The van der Waals surface area contributed by atoms with Gasteiger partial charge in [0.15, 0.2) is 5.76 Å². The first-order valence-electron chi connectivity index (χ1n) is 7.48. The number of hydrogen-bond donors (Lipinski definition) is 1. The molecule has 1 N–H and O–H groups in total. The zero-order valence-corrected chi connectivity index (χ0v) is 13.4. The largest absolute Gasteiger partial charge is 0.463 e. The third-order valence-electron chi connectivity index (χ3n) is 3.63. The standard InChI is InChI=1S/C18H17N3O3/c1-21(2)17(22)11-19-18(23)13-10-15(16-8-5-9-24-16)20-14-7-4-3-6-12(13)14/h3-10H,11H2,1-2H3,(H,19,23). The summed E-state index contributed by atoms with van der Waals surface area (Å²) in [5, 5.41) is 3.38. The van der Waals surface area contributed by atoms with Gasteiger partial charge in [0.05, 0.1) is 23.9 Å². The molecule has 2 heterocycles. The molecule has 0 atom stereocenters. The van der Waals surface area contributed by atoms with Crippen LogP contribution in [0.25, 0.3) is 22.4 Å².